The summed E-state index contributed by atoms with van der Waals surface area (Å²) in [6.07, 6.45) is 0. The minimum Gasteiger partial charge on any atom is -0.473 e. The maximum atomic E-state index is 5.54. The van der Waals surface area contributed by atoms with Gasteiger partial charge in [-0.15, -0.1) is 0 Å². The van der Waals surface area contributed by atoms with Gasteiger partial charge in [-0.05, 0) is 17.2 Å². The van der Waals surface area contributed by atoms with E-state index in [-0.39, 0.29) is 5.36 Å². The Morgan fingerprint density at radius 3 is 2.67 bits per heavy atom. The third-order valence-electron chi connectivity index (χ3n) is 1.40. The number of methoxy groups -OCH3 is 1. The van der Waals surface area contributed by atoms with Crippen molar-refractivity contribution in [3.05, 3.63) is 35.9 Å². The number of aliphatic imine (C=N–C) groups is 1. The molecule has 0 spiro atoms. The molecular formula is C9H10ClNO. The van der Waals surface area contributed by atoms with Crippen molar-refractivity contribution in [1.29, 1.82) is 0 Å². The molecule has 0 radical (unpaired) electrons. The third kappa shape index (κ3) is 2.93. The fourth-order valence-electron chi connectivity index (χ4n) is 0.801. The normalized spacial score (nSPS) is 11.3. The Bertz CT molecular complexity index is 258. The quantitative estimate of drug-likeness (QED) is 0.510. The second-order valence-corrected chi connectivity index (χ2v) is 2.58. The molecule has 0 unspecified atom stereocenters. The maximum absolute atomic E-state index is 5.54. The maximum Gasteiger partial charge on any atom is 0.282 e. The van der Waals surface area contributed by atoms with Gasteiger partial charge in [-0.2, -0.15) is 0 Å². The summed E-state index contributed by atoms with van der Waals surface area (Å²) in [6, 6.07) is 9.87. The van der Waals surface area contributed by atoms with E-state index in [1.807, 2.05) is 30.3 Å². The van der Waals surface area contributed by atoms with Crippen molar-refractivity contribution in [1.82, 2.24) is 0 Å². The largest absolute Gasteiger partial charge is 0.473 e. The van der Waals surface area contributed by atoms with E-state index in [0.29, 0.717) is 6.54 Å². The standard InChI is InChI=1S/C9H10ClNO/c1-12-9(10)11-7-8-5-3-2-4-6-8/h2-6H,7H2,1H3. The summed E-state index contributed by atoms with van der Waals surface area (Å²) in [6.45, 7) is 0.563. The number of rotatable bonds is 2. The fourth-order valence-corrected chi connectivity index (χ4v) is 0.861. The van der Waals surface area contributed by atoms with E-state index < -0.39 is 0 Å². The van der Waals surface area contributed by atoms with Crippen molar-refractivity contribution in [2.75, 3.05) is 7.11 Å². The lowest BCUT2D eigenvalue weighted by atomic mass is 10.2. The lowest BCUT2D eigenvalue weighted by molar-refractivity contribution is 0.412. The molecule has 0 fully saturated rings. The zero-order valence-corrected chi connectivity index (χ0v) is 7.58. The molecule has 0 N–H and O–H groups in total. The van der Waals surface area contributed by atoms with Crippen LogP contribution in [0.5, 0.6) is 0 Å². The molecule has 0 amide bonds. The molecule has 0 heterocycles. The Morgan fingerprint density at radius 2 is 2.08 bits per heavy atom. The van der Waals surface area contributed by atoms with E-state index in [0.717, 1.165) is 5.56 Å². The van der Waals surface area contributed by atoms with Gasteiger partial charge in [0.05, 0.1) is 13.7 Å². The van der Waals surface area contributed by atoms with Crippen LogP contribution in [0.4, 0.5) is 0 Å². The highest BCUT2D eigenvalue weighted by atomic mass is 35.5. The Balaban J connectivity index is 2.54. The van der Waals surface area contributed by atoms with Crippen LogP contribution in [0.2, 0.25) is 0 Å². The Kier molecular flexibility index (Phi) is 3.61. The van der Waals surface area contributed by atoms with Gasteiger partial charge in [-0.25, -0.2) is 4.99 Å². The van der Waals surface area contributed by atoms with Gasteiger partial charge in [0.25, 0.3) is 5.36 Å². The van der Waals surface area contributed by atoms with E-state index >= 15 is 0 Å². The van der Waals surface area contributed by atoms with E-state index in [1.54, 1.807) is 0 Å². The fraction of sp³-hybridized carbons (Fsp3) is 0.222. The Hall–Kier alpha value is -1.02. The molecular weight excluding hydrogens is 174 g/mol. The van der Waals surface area contributed by atoms with Gasteiger partial charge in [-0.1, -0.05) is 30.3 Å². The Morgan fingerprint density at radius 1 is 1.42 bits per heavy atom. The summed E-state index contributed by atoms with van der Waals surface area (Å²) in [7, 11) is 1.50. The number of benzene rings is 1. The lowest BCUT2D eigenvalue weighted by Gasteiger charge is -1.96. The molecule has 0 saturated carbocycles. The van der Waals surface area contributed by atoms with Crippen molar-refractivity contribution in [3.63, 3.8) is 0 Å². The van der Waals surface area contributed by atoms with Gasteiger partial charge in [0.15, 0.2) is 0 Å². The monoisotopic (exact) mass is 183 g/mol. The van der Waals surface area contributed by atoms with E-state index in [4.69, 9.17) is 11.6 Å². The van der Waals surface area contributed by atoms with Crippen LogP contribution in [-0.2, 0) is 11.3 Å². The van der Waals surface area contributed by atoms with Crippen molar-refractivity contribution >= 4 is 17.0 Å². The number of nitrogens with zero attached hydrogens (tertiary/aromatic N) is 1. The number of hydrogen-bond donors (Lipinski definition) is 0. The van der Waals surface area contributed by atoms with Crippen molar-refractivity contribution in [3.8, 4) is 0 Å². The first-order valence-electron chi connectivity index (χ1n) is 3.61. The predicted molar refractivity (Wildman–Crippen MR) is 50.4 cm³/mol. The predicted octanol–water partition coefficient (Wildman–Crippen LogP) is 2.43. The van der Waals surface area contributed by atoms with Crippen LogP contribution < -0.4 is 0 Å². The topological polar surface area (TPSA) is 21.6 Å². The Labute approximate surface area is 76.8 Å². The van der Waals surface area contributed by atoms with E-state index in [2.05, 4.69) is 9.73 Å². The summed E-state index contributed by atoms with van der Waals surface area (Å²) in [5, 5.41) is 0.193. The summed E-state index contributed by atoms with van der Waals surface area (Å²) >= 11 is 5.54. The molecule has 0 aromatic heterocycles. The summed E-state index contributed by atoms with van der Waals surface area (Å²) in [4.78, 5) is 3.97. The van der Waals surface area contributed by atoms with Crippen LogP contribution in [0.15, 0.2) is 35.3 Å². The molecule has 0 atom stereocenters. The SMILES string of the molecule is COC(Cl)=NCc1ccccc1. The average Bonchev–Trinajstić information content (AvgIpc) is 2.16. The summed E-state index contributed by atoms with van der Waals surface area (Å²) in [5.74, 6) is 0. The molecule has 1 aromatic rings. The first kappa shape index (κ1) is 9.07. The highest BCUT2D eigenvalue weighted by Crippen LogP contribution is 2.01. The van der Waals surface area contributed by atoms with Crippen LogP contribution in [-0.4, -0.2) is 12.5 Å². The number of ether oxygens (including phenoxy) is 1. The average molecular weight is 184 g/mol. The van der Waals surface area contributed by atoms with Gasteiger partial charge in [0.2, 0.25) is 0 Å². The van der Waals surface area contributed by atoms with Gasteiger partial charge in [-0.3, -0.25) is 0 Å². The summed E-state index contributed by atoms with van der Waals surface area (Å²) in [5.41, 5.74) is 1.12. The molecule has 12 heavy (non-hydrogen) atoms. The van der Waals surface area contributed by atoms with E-state index in [1.165, 1.54) is 7.11 Å². The zero-order valence-electron chi connectivity index (χ0n) is 6.83. The minimum atomic E-state index is 0.193. The van der Waals surface area contributed by atoms with Crippen LogP contribution >= 0.6 is 11.6 Å². The molecule has 0 aliphatic rings. The number of halogens is 1. The van der Waals surface area contributed by atoms with Gasteiger partial charge in [0.1, 0.15) is 0 Å². The molecule has 1 aromatic carbocycles. The van der Waals surface area contributed by atoms with Crippen molar-refractivity contribution < 1.29 is 4.74 Å². The molecule has 0 saturated heterocycles. The first-order valence-corrected chi connectivity index (χ1v) is 3.98. The zero-order chi connectivity index (χ0) is 8.81. The molecule has 0 aliphatic carbocycles. The first-order chi connectivity index (χ1) is 5.83. The highest BCUT2D eigenvalue weighted by molar-refractivity contribution is 6.62. The van der Waals surface area contributed by atoms with Crippen LogP contribution in [0.1, 0.15) is 5.56 Å². The molecule has 2 nitrogen and oxygen atoms in total. The van der Waals surface area contributed by atoms with Gasteiger partial charge < -0.3 is 4.74 Å². The van der Waals surface area contributed by atoms with Gasteiger partial charge in [0, 0.05) is 0 Å². The van der Waals surface area contributed by atoms with Gasteiger partial charge >= 0.3 is 0 Å². The molecule has 3 heteroatoms. The third-order valence-corrected chi connectivity index (χ3v) is 1.67. The summed E-state index contributed by atoms with van der Waals surface area (Å²) < 4.78 is 4.69. The molecule has 0 aliphatic heterocycles. The number of hydrogen-bond acceptors (Lipinski definition) is 2. The van der Waals surface area contributed by atoms with Crippen LogP contribution in [0.25, 0.3) is 0 Å². The van der Waals surface area contributed by atoms with Crippen LogP contribution in [0, 0.1) is 0 Å². The smallest absolute Gasteiger partial charge is 0.282 e. The van der Waals surface area contributed by atoms with Crippen molar-refractivity contribution in [2.24, 2.45) is 4.99 Å². The van der Waals surface area contributed by atoms with Crippen LogP contribution in [0.3, 0.4) is 0 Å². The van der Waals surface area contributed by atoms with Crippen molar-refractivity contribution in [2.45, 2.75) is 6.54 Å². The second-order valence-electron chi connectivity index (χ2n) is 2.26. The van der Waals surface area contributed by atoms with E-state index in [9.17, 15) is 0 Å². The minimum absolute atomic E-state index is 0.193. The highest BCUT2D eigenvalue weighted by Gasteiger charge is 1.90. The lowest BCUT2D eigenvalue weighted by Crippen LogP contribution is -1.91. The molecule has 0 bridgehead atoms. The molecule has 64 valence electrons. The molecule has 1 rings (SSSR count). The second kappa shape index (κ2) is 4.78.